The van der Waals surface area contributed by atoms with E-state index in [9.17, 15) is 22.4 Å². The van der Waals surface area contributed by atoms with Crippen molar-refractivity contribution in [2.24, 2.45) is 0 Å². The second-order valence-electron chi connectivity index (χ2n) is 9.37. The Morgan fingerprint density at radius 2 is 1.57 bits per heavy atom. The summed E-state index contributed by atoms with van der Waals surface area (Å²) in [5.74, 6) is -0.951. The predicted octanol–water partition coefficient (Wildman–Crippen LogP) is 4.67. The Morgan fingerprint density at radius 3 is 2.15 bits per heavy atom. The maximum atomic E-state index is 13.9. The van der Waals surface area contributed by atoms with Crippen molar-refractivity contribution < 1.29 is 27.1 Å². The first-order valence-corrected chi connectivity index (χ1v) is 14.6. The van der Waals surface area contributed by atoms with Crippen LogP contribution in [0.4, 0.5) is 10.1 Å². The van der Waals surface area contributed by atoms with Crippen molar-refractivity contribution in [3.63, 3.8) is 0 Å². The molecule has 3 aromatic carbocycles. The summed E-state index contributed by atoms with van der Waals surface area (Å²) in [6.45, 7) is 7.73. The number of benzene rings is 3. The van der Waals surface area contributed by atoms with Gasteiger partial charge < -0.3 is 15.0 Å². The SMILES string of the molecule is CCCNC(=O)[C@H](C)N(Cc1ccc(C)cc1)C(=O)CN(c1ccc(OCC)cc1)S(=O)(=O)c1ccc(F)cc1. The lowest BCUT2D eigenvalue weighted by atomic mass is 10.1. The van der Waals surface area contributed by atoms with Crippen LogP contribution in [0.25, 0.3) is 0 Å². The van der Waals surface area contributed by atoms with Gasteiger partial charge in [0.25, 0.3) is 10.0 Å². The smallest absolute Gasteiger partial charge is 0.264 e. The molecule has 1 atom stereocenters. The fraction of sp³-hybridized carbons (Fsp3) is 0.333. The molecule has 8 nitrogen and oxygen atoms in total. The van der Waals surface area contributed by atoms with Gasteiger partial charge in [0.15, 0.2) is 0 Å². The highest BCUT2D eigenvalue weighted by atomic mass is 32.2. The molecule has 0 heterocycles. The highest BCUT2D eigenvalue weighted by Gasteiger charge is 2.32. The highest BCUT2D eigenvalue weighted by Crippen LogP contribution is 2.27. The van der Waals surface area contributed by atoms with Crippen LogP contribution in [-0.2, 0) is 26.2 Å². The van der Waals surface area contributed by atoms with E-state index >= 15 is 0 Å². The normalized spacial score (nSPS) is 11.9. The number of amides is 2. The minimum atomic E-state index is -4.29. The van der Waals surface area contributed by atoms with Gasteiger partial charge in [0.05, 0.1) is 17.2 Å². The standard InChI is InChI=1S/C30H36FN3O5S/c1-5-19-32-30(36)23(4)33(20-24-9-7-22(3)8-10-24)29(35)21-34(26-13-15-27(16-14-26)39-6-2)40(37,38)28-17-11-25(31)12-18-28/h7-18,23H,5-6,19-21H2,1-4H3,(H,32,36)/t23-/m0/s1. The van der Waals surface area contributed by atoms with E-state index in [1.165, 1.54) is 4.90 Å². The molecule has 10 heteroatoms. The molecule has 0 bridgehead atoms. The van der Waals surface area contributed by atoms with Crippen molar-refractivity contribution in [1.29, 1.82) is 0 Å². The van der Waals surface area contributed by atoms with Crippen LogP contribution in [0.3, 0.4) is 0 Å². The fourth-order valence-corrected chi connectivity index (χ4v) is 5.42. The molecule has 0 aliphatic carbocycles. The largest absolute Gasteiger partial charge is 0.494 e. The molecular formula is C30H36FN3O5S. The zero-order chi connectivity index (χ0) is 29.3. The number of nitrogens with one attached hydrogen (secondary N) is 1. The van der Waals surface area contributed by atoms with Gasteiger partial charge in [-0.05, 0) is 81.3 Å². The monoisotopic (exact) mass is 569 g/mol. The van der Waals surface area contributed by atoms with Gasteiger partial charge in [-0.1, -0.05) is 36.8 Å². The Labute approximate surface area is 235 Å². The van der Waals surface area contributed by atoms with Gasteiger partial charge in [0, 0.05) is 13.1 Å². The van der Waals surface area contributed by atoms with Crippen LogP contribution in [0.15, 0.2) is 77.7 Å². The van der Waals surface area contributed by atoms with E-state index in [-0.39, 0.29) is 23.0 Å². The number of nitrogens with zero attached hydrogens (tertiary/aromatic N) is 2. The molecule has 0 aliphatic rings. The maximum absolute atomic E-state index is 13.9. The summed E-state index contributed by atoms with van der Waals surface area (Å²) in [6, 6.07) is 17.4. The van der Waals surface area contributed by atoms with Crippen molar-refractivity contribution in [3.05, 3.63) is 89.7 Å². The summed E-state index contributed by atoms with van der Waals surface area (Å²) in [5.41, 5.74) is 2.06. The first-order chi connectivity index (χ1) is 19.1. The van der Waals surface area contributed by atoms with Gasteiger partial charge in [0.1, 0.15) is 24.2 Å². The highest BCUT2D eigenvalue weighted by molar-refractivity contribution is 7.92. The molecule has 0 saturated carbocycles. The van der Waals surface area contributed by atoms with E-state index in [0.717, 1.165) is 46.1 Å². The van der Waals surface area contributed by atoms with Crippen molar-refractivity contribution in [1.82, 2.24) is 10.2 Å². The third kappa shape index (κ3) is 7.81. The van der Waals surface area contributed by atoms with E-state index in [0.29, 0.717) is 18.9 Å². The van der Waals surface area contributed by atoms with Gasteiger partial charge in [0.2, 0.25) is 11.8 Å². The van der Waals surface area contributed by atoms with E-state index in [1.807, 2.05) is 45.0 Å². The number of hydrogen-bond donors (Lipinski definition) is 1. The van der Waals surface area contributed by atoms with E-state index in [1.54, 1.807) is 31.2 Å². The van der Waals surface area contributed by atoms with Gasteiger partial charge in [-0.2, -0.15) is 0 Å². The summed E-state index contributed by atoms with van der Waals surface area (Å²) in [5, 5.41) is 2.81. The van der Waals surface area contributed by atoms with Crippen LogP contribution in [0, 0.1) is 12.7 Å². The van der Waals surface area contributed by atoms with Gasteiger partial charge >= 0.3 is 0 Å². The van der Waals surface area contributed by atoms with Crippen LogP contribution in [0.2, 0.25) is 0 Å². The first-order valence-electron chi connectivity index (χ1n) is 13.2. The summed E-state index contributed by atoms with van der Waals surface area (Å²) in [4.78, 5) is 28.0. The quantitative estimate of drug-likeness (QED) is 0.323. The number of aryl methyl sites for hydroxylation is 1. The van der Waals surface area contributed by atoms with Crippen molar-refractivity contribution in [2.45, 2.75) is 51.6 Å². The average Bonchev–Trinajstić information content (AvgIpc) is 2.94. The third-order valence-corrected chi connectivity index (χ3v) is 8.09. The summed E-state index contributed by atoms with van der Waals surface area (Å²) < 4.78 is 47.6. The van der Waals surface area contributed by atoms with Crippen LogP contribution in [0.5, 0.6) is 5.75 Å². The number of carbonyl (C=O) groups excluding carboxylic acids is 2. The molecule has 3 rings (SSSR count). The van der Waals surface area contributed by atoms with E-state index in [2.05, 4.69) is 5.32 Å². The van der Waals surface area contributed by atoms with Gasteiger partial charge in [-0.15, -0.1) is 0 Å². The molecule has 0 aromatic heterocycles. The molecule has 0 unspecified atom stereocenters. The predicted molar refractivity (Wildman–Crippen MR) is 153 cm³/mol. The molecular weight excluding hydrogens is 533 g/mol. The van der Waals surface area contributed by atoms with Gasteiger partial charge in [-0.25, -0.2) is 12.8 Å². The maximum Gasteiger partial charge on any atom is 0.264 e. The Morgan fingerprint density at radius 1 is 0.950 bits per heavy atom. The van der Waals surface area contributed by atoms with Crippen molar-refractivity contribution in [2.75, 3.05) is 24.0 Å². The Kier molecular flexibility index (Phi) is 10.7. The molecule has 3 aromatic rings. The average molecular weight is 570 g/mol. The second-order valence-corrected chi connectivity index (χ2v) is 11.2. The first kappa shape index (κ1) is 30.6. The van der Waals surface area contributed by atoms with Crippen LogP contribution >= 0.6 is 0 Å². The molecule has 214 valence electrons. The molecule has 0 fully saturated rings. The molecule has 2 amide bonds. The topological polar surface area (TPSA) is 96.0 Å². The lowest BCUT2D eigenvalue weighted by Crippen LogP contribution is -2.51. The Balaban J connectivity index is 2.01. The molecule has 0 radical (unpaired) electrons. The summed E-state index contributed by atoms with van der Waals surface area (Å²) in [7, 11) is -4.29. The zero-order valence-electron chi connectivity index (χ0n) is 23.3. The number of sulfonamides is 1. The van der Waals surface area contributed by atoms with E-state index < -0.39 is 34.3 Å². The van der Waals surface area contributed by atoms with Crippen LogP contribution < -0.4 is 14.4 Å². The number of halogens is 1. The number of carbonyl (C=O) groups is 2. The molecule has 0 aliphatic heterocycles. The minimum Gasteiger partial charge on any atom is -0.494 e. The zero-order valence-corrected chi connectivity index (χ0v) is 24.1. The molecule has 0 spiro atoms. The molecule has 0 saturated heterocycles. The van der Waals surface area contributed by atoms with Crippen molar-refractivity contribution in [3.8, 4) is 5.75 Å². The number of hydrogen-bond acceptors (Lipinski definition) is 5. The lowest BCUT2D eigenvalue weighted by Gasteiger charge is -2.32. The lowest BCUT2D eigenvalue weighted by molar-refractivity contribution is -0.139. The Hall–Kier alpha value is -3.92. The third-order valence-electron chi connectivity index (χ3n) is 6.31. The molecule has 1 N–H and O–H groups in total. The van der Waals surface area contributed by atoms with E-state index in [4.69, 9.17) is 4.74 Å². The summed E-state index contributed by atoms with van der Waals surface area (Å²) in [6.07, 6.45) is 0.728. The van der Waals surface area contributed by atoms with Crippen molar-refractivity contribution >= 4 is 27.5 Å². The minimum absolute atomic E-state index is 0.105. The van der Waals surface area contributed by atoms with Crippen LogP contribution in [0.1, 0.15) is 38.3 Å². The summed E-state index contributed by atoms with van der Waals surface area (Å²) >= 11 is 0. The Bertz CT molecular complexity index is 1380. The number of rotatable bonds is 13. The molecule has 40 heavy (non-hydrogen) atoms. The number of anilines is 1. The number of ether oxygens (including phenoxy) is 1. The van der Waals surface area contributed by atoms with Gasteiger partial charge in [-0.3, -0.25) is 13.9 Å². The van der Waals surface area contributed by atoms with Crippen LogP contribution in [-0.4, -0.2) is 50.9 Å². The fourth-order valence-electron chi connectivity index (χ4n) is 4.01. The second kappa shape index (κ2) is 13.9.